The summed E-state index contributed by atoms with van der Waals surface area (Å²) >= 11 is 0. The van der Waals surface area contributed by atoms with E-state index >= 15 is 0 Å². The molecule has 2 aromatic rings. The molecule has 0 amide bonds. The van der Waals surface area contributed by atoms with E-state index in [1.807, 2.05) is 13.0 Å². The van der Waals surface area contributed by atoms with Crippen LogP contribution in [0.1, 0.15) is 30.7 Å². The van der Waals surface area contributed by atoms with Crippen molar-refractivity contribution in [1.29, 1.82) is 0 Å². The highest BCUT2D eigenvalue weighted by Gasteiger charge is 2.19. The molecule has 0 aliphatic heterocycles. The van der Waals surface area contributed by atoms with E-state index in [0.717, 1.165) is 6.42 Å². The molecule has 19 heavy (non-hydrogen) atoms. The minimum atomic E-state index is -1.13. The molecule has 4 heteroatoms. The molecule has 0 radical (unpaired) electrons. The highest BCUT2D eigenvalue weighted by molar-refractivity contribution is 5.38. The highest BCUT2D eigenvalue weighted by Crippen LogP contribution is 2.30. The van der Waals surface area contributed by atoms with Crippen molar-refractivity contribution in [2.45, 2.75) is 19.4 Å². The van der Waals surface area contributed by atoms with Crippen LogP contribution in [-0.4, -0.2) is 16.7 Å². The summed E-state index contributed by atoms with van der Waals surface area (Å²) in [7, 11) is 0. The monoisotopic (exact) mass is 261 g/mol. The molecule has 0 saturated heterocycles. The maximum Gasteiger partial charge on any atom is 0.147 e. The van der Waals surface area contributed by atoms with Crippen LogP contribution in [0.15, 0.2) is 42.6 Å². The third-order valence-electron chi connectivity index (χ3n) is 2.72. The Morgan fingerprint density at radius 2 is 2.05 bits per heavy atom. The second-order valence-corrected chi connectivity index (χ2v) is 4.16. The first-order valence-corrected chi connectivity index (χ1v) is 6.24. The summed E-state index contributed by atoms with van der Waals surface area (Å²) in [6.45, 7) is 2.55. The fourth-order valence-electron chi connectivity index (χ4n) is 1.80. The van der Waals surface area contributed by atoms with Gasteiger partial charge >= 0.3 is 0 Å². The van der Waals surface area contributed by atoms with E-state index in [4.69, 9.17) is 4.74 Å². The Balaban J connectivity index is 2.33. The van der Waals surface area contributed by atoms with Crippen LogP contribution in [0.2, 0.25) is 0 Å². The molecular formula is C15H16FNO2. The van der Waals surface area contributed by atoms with Crippen molar-refractivity contribution in [3.8, 4) is 5.75 Å². The number of hydrogen-bond donors (Lipinski definition) is 1. The van der Waals surface area contributed by atoms with E-state index < -0.39 is 11.9 Å². The standard InChI is InChI=1S/C15H16FNO2/c1-2-10-19-13-8-4-3-6-11(13)15(18)14-12(16)7-5-9-17-14/h3-9,15,18H,2,10H2,1H3. The quantitative estimate of drug-likeness (QED) is 0.899. The number of ether oxygens (including phenoxy) is 1. The van der Waals surface area contributed by atoms with Gasteiger partial charge in [0.2, 0.25) is 0 Å². The van der Waals surface area contributed by atoms with Gasteiger partial charge in [-0.25, -0.2) is 4.39 Å². The molecular weight excluding hydrogens is 245 g/mol. The number of rotatable bonds is 5. The van der Waals surface area contributed by atoms with Gasteiger partial charge in [-0.3, -0.25) is 4.98 Å². The normalized spacial score (nSPS) is 12.2. The van der Waals surface area contributed by atoms with Gasteiger partial charge in [0.05, 0.1) is 6.61 Å². The number of aliphatic hydroxyl groups excluding tert-OH is 1. The van der Waals surface area contributed by atoms with Crippen LogP contribution in [-0.2, 0) is 0 Å². The molecule has 0 aliphatic carbocycles. The predicted octanol–water partition coefficient (Wildman–Crippen LogP) is 3.09. The molecule has 1 unspecified atom stereocenters. The van der Waals surface area contributed by atoms with Gasteiger partial charge in [-0.05, 0) is 24.6 Å². The predicted molar refractivity (Wildman–Crippen MR) is 70.5 cm³/mol. The molecule has 2 rings (SSSR count). The number of aliphatic hydroxyl groups is 1. The Morgan fingerprint density at radius 1 is 1.26 bits per heavy atom. The molecule has 1 aromatic carbocycles. The van der Waals surface area contributed by atoms with Gasteiger partial charge in [-0.1, -0.05) is 25.1 Å². The van der Waals surface area contributed by atoms with Gasteiger partial charge in [-0.2, -0.15) is 0 Å². The number of para-hydroxylation sites is 1. The van der Waals surface area contributed by atoms with Crippen LogP contribution in [0, 0.1) is 5.82 Å². The molecule has 1 heterocycles. The highest BCUT2D eigenvalue weighted by atomic mass is 19.1. The molecule has 0 saturated carbocycles. The van der Waals surface area contributed by atoms with E-state index in [9.17, 15) is 9.50 Å². The van der Waals surface area contributed by atoms with E-state index in [2.05, 4.69) is 4.98 Å². The minimum Gasteiger partial charge on any atom is -0.493 e. The first kappa shape index (κ1) is 13.5. The summed E-state index contributed by atoms with van der Waals surface area (Å²) in [5.74, 6) is 0.0298. The average molecular weight is 261 g/mol. The first-order chi connectivity index (χ1) is 9.24. The van der Waals surface area contributed by atoms with Gasteiger partial charge in [0.1, 0.15) is 23.4 Å². The summed E-state index contributed by atoms with van der Waals surface area (Å²) in [6.07, 6.45) is 1.19. The Labute approximate surface area is 111 Å². The third kappa shape index (κ3) is 3.09. The van der Waals surface area contributed by atoms with Crippen molar-refractivity contribution >= 4 is 0 Å². The second kappa shape index (κ2) is 6.29. The lowest BCUT2D eigenvalue weighted by Crippen LogP contribution is -2.08. The van der Waals surface area contributed by atoms with E-state index in [-0.39, 0.29) is 5.69 Å². The number of hydrogen-bond acceptors (Lipinski definition) is 3. The van der Waals surface area contributed by atoms with Crippen LogP contribution in [0.5, 0.6) is 5.75 Å². The molecule has 0 fully saturated rings. The lowest BCUT2D eigenvalue weighted by molar-refractivity contribution is 0.201. The zero-order chi connectivity index (χ0) is 13.7. The minimum absolute atomic E-state index is 0.00930. The van der Waals surface area contributed by atoms with Gasteiger partial charge in [0.25, 0.3) is 0 Å². The lowest BCUT2D eigenvalue weighted by atomic mass is 10.0. The van der Waals surface area contributed by atoms with Gasteiger partial charge in [-0.15, -0.1) is 0 Å². The number of aromatic nitrogens is 1. The maximum absolute atomic E-state index is 13.6. The summed E-state index contributed by atoms with van der Waals surface area (Å²) in [5.41, 5.74) is 0.531. The fourth-order valence-corrected chi connectivity index (χ4v) is 1.80. The van der Waals surface area contributed by atoms with Crippen molar-refractivity contribution in [1.82, 2.24) is 4.98 Å². The lowest BCUT2D eigenvalue weighted by Gasteiger charge is -2.16. The van der Waals surface area contributed by atoms with Crippen LogP contribution in [0.25, 0.3) is 0 Å². The summed E-state index contributed by atoms with van der Waals surface area (Å²) in [4.78, 5) is 3.90. The Hall–Kier alpha value is -1.94. The van der Waals surface area contributed by atoms with Crippen molar-refractivity contribution in [2.24, 2.45) is 0 Å². The molecule has 0 spiro atoms. The van der Waals surface area contributed by atoms with E-state index in [1.165, 1.54) is 18.3 Å². The van der Waals surface area contributed by atoms with Gasteiger partial charge in [0.15, 0.2) is 0 Å². The van der Waals surface area contributed by atoms with Crippen molar-refractivity contribution in [2.75, 3.05) is 6.61 Å². The Morgan fingerprint density at radius 3 is 2.79 bits per heavy atom. The van der Waals surface area contributed by atoms with Crippen LogP contribution in [0.3, 0.4) is 0 Å². The van der Waals surface area contributed by atoms with Gasteiger partial charge < -0.3 is 9.84 Å². The van der Waals surface area contributed by atoms with Gasteiger partial charge in [0, 0.05) is 11.8 Å². The van der Waals surface area contributed by atoms with Crippen LogP contribution < -0.4 is 4.74 Å². The summed E-state index contributed by atoms with van der Waals surface area (Å²) < 4.78 is 19.2. The average Bonchev–Trinajstić information content (AvgIpc) is 2.45. The SMILES string of the molecule is CCCOc1ccccc1C(O)c1ncccc1F. The zero-order valence-electron chi connectivity index (χ0n) is 10.7. The first-order valence-electron chi connectivity index (χ1n) is 6.24. The molecule has 1 aromatic heterocycles. The zero-order valence-corrected chi connectivity index (χ0v) is 10.7. The Bertz CT molecular complexity index is 545. The van der Waals surface area contributed by atoms with Crippen LogP contribution >= 0.6 is 0 Å². The molecule has 3 nitrogen and oxygen atoms in total. The van der Waals surface area contributed by atoms with Crippen molar-refractivity contribution in [3.05, 3.63) is 59.7 Å². The topological polar surface area (TPSA) is 42.4 Å². The third-order valence-corrected chi connectivity index (χ3v) is 2.72. The number of halogens is 1. The molecule has 1 N–H and O–H groups in total. The van der Waals surface area contributed by atoms with E-state index in [0.29, 0.717) is 17.9 Å². The fraction of sp³-hybridized carbons (Fsp3) is 0.267. The smallest absolute Gasteiger partial charge is 0.147 e. The molecule has 1 atom stereocenters. The molecule has 100 valence electrons. The Kier molecular flexibility index (Phi) is 4.47. The largest absolute Gasteiger partial charge is 0.493 e. The van der Waals surface area contributed by atoms with Crippen LogP contribution in [0.4, 0.5) is 4.39 Å². The van der Waals surface area contributed by atoms with Crippen molar-refractivity contribution in [3.63, 3.8) is 0 Å². The van der Waals surface area contributed by atoms with Crippen molar-refractivity contribution < 1.29 is 14.2 Å². The summed E-state index contributed by atoms with van der Waals surface area (Å²) in [5, 5.41) is 10.3. The second-order valence-electron chi connectivity index (χ2n) is 4.16. The van der Waals surface area contributed by atoms with E-state index in [1.54, 1.807) is 18.2 Å². The molecule has 0 bridgehead atoms. The maximum atomic E-state index is 13.6. The number of nitrogens with zero attached hydrogens (tertiary/aromatic N) is 1. The number of pyridine rings is 1. The molecule has 0 aliphatic rings. The summed E-state index contributed by atoms with van der Waals surface area (Å²) in [6, 6.07) is 9.83. The number of benzene rings is 1.